The summed E-state index contributed by atoms with van der Waals surface area (Å²) in [6, 6.07) is 0. The summed E-state index contributed by atoms with van der Waals surface area (Å²) in [6.45, 7) is 10.0. The number of carbonyl (C=O) groups excluding carboxylic acids is 2. The van der Waals surface area contributed by atoms with Gasteiger partial charge in [0.25, 0.3) is 0 Å². The molecule has 7 heteroatoms. The first-order valence-electron chi connectivity index (χ1n) is 13.3. The Hall–Kier alpha value is -1.47. The molecule has 5 rings (SSSR count). The van der Waals surface area contributed by atoms with E-state index in [0.717, 1.165) is 51.4 Å². The monoisotopic (exact) mass is 474 g/mol. The highest BCUT2D eigenvalue weighted by Crippen LogP contribution is 2.69. The van der Waals surface area contributed by atoms with Crippen molar-refractivity contribution in [2.24, 2.45) is 34.5 Å². The number of hydrogen-bond acceptors (Lipinski definition) is 6. The first-order valence-corrected chi connectivity index (χ1v) is 13.3. The topological polar surface area (TPSA) is 105 Å². The summed E-state index contributed by atoms with van der Waals surface area (Å²) in [6.07, 6.45) is 8.50. The number of rotatable bonds is 2. The summed E-state index contributed by atoms with van der Waals surface area (Å²) in [4.78, 5) is 37.5. The fourth-order valence-corrected chi connectivity index (χ4v) is 9.72. The zero-order valence-electron chi connectivity index (χ0n) is 21.5. The molecule has 0 aromatic heterocycles. The van der Waals surface area contributed by atoms with E-state index in [4.69, 9.17) is 4.74 Å². The second-order valence-corrected chi connectivity index (χ2v) is 13.2. The molecule has 0 aromatic carbocycles. The lowest BCUT2D eigenvalue weighted by Crippen LogP contribution is -2.76. The van der Waals surface area contributed by atoms with Crippen LogP contribution in [-0.2, 0) is 19.1 Å². The Kier molecular flexibility index (Phi) is 5.36. The Morgan fingerprint density at radius 1 is 0.971 bits per heavy atom. The highest BCUT2D eigenvalue weighted by molar-refractivity contribution is 5.80. The highest BCUT2D eigenvalue weighted by Gasteiger charge is 2.68. The second kappa shape index (κ2) is 7.52. The van der Waals surface area contributed by atoms with Gasteiger partial charge in [0.2, 0.25) is 0 Å². The number of carboxylic acids is 1. The first-order chi connectivity index (χ1) is 15.8. The molecule has 3 N–H and O–H groups in total. The molecule has 4 aliphatic carbocycles. The third-order valence-corrected chi connectivity index (χ3v) is 11.5. The molecule has 0 aromatic rings. The predicted molar refractivity (Wildman–Crippen MR) is 127 cm³/mol. The van der Waals surface area contributed by atoms with Crippen molar-refractivity contribution < 1.29 is 24.2 Å². The van der Waals surface area contributed by atoms with Gasteiger partial charge in [-0.15, -0.1) is 0 Å². The van der Waals surface area contributed by atoms with Crippen LogP contribution in [0.3, 0.4) is 0 Å². The summed E-state index contributed by atoms with van der Waals surface area (Å²) in [5.41, 5.74) is -2.47. The van der Waals surface area contributed by atoms with E-state index in [2.05, 4.69) is 24.5 Å². The molecule has 1 spiro atoms. The summed E-state index contributed by atoms with van der Waals surface area (Å²) >= 11 is 0. The maximum Gasteiger partial charge on any atom is 0.338 e. The van der Waals surface area contributed by atoms with Crippen molar-refractivity contribution in [3.8, 4) is 0 Å². The zero-order chi connectivity index (χ0) is 24.7. The van der Waals surface area contributed by atoms with Crippen LogP contribution in [0.2, 0.25) is 0 Å². The average Bonchev–Trinajstić information content (AvgIpc) is 3.11. The van der Waals surface area contributed by atoms with Gasteiger partial charge in [-0.25, -0.2) is 4.79 Å². The molecule has 4 saturated carbocycles. The predicted octanol–water partition coefficient (Wildman–Crippen LogP) is 3.65. The largest absolute Gasteiger partial charge is 0.479 e. The molecule has 1 aliphatic heterocycles. The van der Waals surface area contributed by atoms with Gasteiger partial charge in [0.05, 0.1) is 6.54 Å². The number of ketones is 1. The molecule has 0 radical (unpaired) electrons. The third kappa shape index (κ3) is 3.25. The van der Waals surface area contributed by atoms with Gasteiger partial charge in [-0.2, -0.15) is 0 Å². The van der Waals surface area contributed by atoms with Crippen molar-refractivity contribution in [2.45, 2.75) is 109 Å². The van der Waals surface area contributed by atoms with Gasteiger partial charge in [-0.3, -0.25) is 20.2 Å². The van der Waals surface area contributed by atoms with Crippen molar-refractivity contribution in [1.29, 1.82) is 0 Å². The summed E-state index contributed by atoms with van der Waals surface area (Å²) < 4.78 is 5.98. The molecule has 0 amide bonds. The Bertz CT molecular complexity index is 923. The molecule has 2 bridgehead atoms. The number of carbonyl (C=O) groups is 3. The number of nitrogens with one attached hydrogen (secondary N) is 2. The SMILES string of the molecule is CC(=O)[C@H]1CC[C@H]2[C@@H]3CC[C@@]45C[C@@](C)(CC[C@]4(C)[C@H]3CC[C@]12C)OC(=O)CNC(C)(C(=O)O)N5. The molecule has 9 atom stereocenters. The fraction of sp³-hybridized carbons (Fsp3) is 0.889. The highest BCUT2D eigenvalue weighted by atomic mass is 16.6. The van der Waals surface area contributed by atoms with Crippen LogP contribution in [0, 0.1) is 34.5 Å². The van der Waals surface area contributed by atoms with Gasteiger partial charge in [0.1, 0.15) is 11.4 Å². The molecule has 5 aliphatic rings. The lowest BCUT2D eigenvalue weighted by Gasteiger charge is -2.68. The first kappa shape index (κ1) is 24.2. The zero-order valence-corrected chi connectivity index (χ0v) is 21.5. The van der Waals surface area contributed by atoms with Gasteiger partial charge in [0, 0.05) is 17.9 Å². The van der Waals surface area contributed by atoms with Gasteiger partial charge < -0.3 is 9.84 Å². The summed E-state index contributed by atoms with van der Waals surface area (Å²) in [5, 5.41) is 16.8. The van der Waals surface area contributed by atoms with E-state index in [1.807, 2.05) is 6.92 Å². The molecular formula is C27H42N2O5. The van der Waals surface area contributed by atoms with E-state index in [9.17, 15) is 19.5 Å². The van der Waals surface area contributed by atoms with Crippen LogP contribution in [0.4, 0.5) is 0 Å². The van der Waals surface area contributed by atoms with E-state index < -0.39 is 22.8 Å². The van der Waals surface area contributed by atoms with Gasteiger partial charge in [0.15, 0.2) is 5.66 Å². The van der Waals surface area contributed by atoms with Crippen LogP contribution in [0.15, 0.2) is 0 Å². The van der Waals surface area contributed by atoms with E-state index in [1.165, 1.54) is 0 Å². The van der Waals surface area contributed by atoms with Crippen LogP contribution >= 0.6 is 0 Å². The van der Waals surface area contributed by atoms with Gasteiger partial charge >= 0.3 is 11.9 Å². The number of carboxylic acid groups (broad SMARTS) is 1. The van der Waals surface area contributed by atoms with Crippen LogP contribution in [-0.4, -0.2) is 46.2 Å². The molecule has 1 saturated heterocycles. The van der Waals surface area contributed by atoms with Gasteiger partial charge in [-0.05, 0) is 101 Å². The van der Waals surface area contributed by atoms with Crippen molar-refractivity contribution in [2.75, 3.05) is 6.54 Å². The van der Waals surface area contributed by atoms with Crippen LogP contribution in [0.25, 0.3) is 0 Å². The average molecular weight is 475 g/mol. The maximum absolute atomic E-state index is 12.6. The minimum Gasteiger partial charge on any atom is -0.479 e. The van der Waals surface area contributed by atoms with Crippen molar-refractivity contribution in [3.63, 3.8) is 0 Å². The van der Waals surface area contributed by atoms with Crippen LogP contribution in [0.5, 0.6) is 0 Å². The van der Waals surface area contributed by atoms with E-state index in [0.29, 0.717) is 30.0 Å². The van der Waals surface area contributed by atoms with E-state index >= 15 is 0 Å². The molecule has 1 unspecified atom stereocenters. The van der Waals surface area contributed by atoms with Crippen molar-refractivity contribution in [1.82, 2.24) is 10.6 Å². The lowest BCUT2D eigenvalue weighted by atomic mass is 9.41. The molecule has 34 heavy (non-hydrogen) atoms. The second-order valence-electron chi connectivity index (χ2n) is 13.2. The van der Waals surface area contributed by atoms with Crippen LogP contribution in [0.1, 0.15) is 92.4 Å². The van der Waals surface area contributed by atoms with Crippen LogP contribution < -0.4 is 10.6 Å². The normalized spacial score (nSPS) is 52.7. The molecular weight excluding hydrogens is 432 g/mol. The standard InChI is InChI=1S/C27H42N2O5/c1-16(30)18-6-7-19-17-8-11-27-15-23(2,34-21(31)14-28-26(5,29-27)22(32)33)12-13-25(27,4)20(17)9-10-24(18,19)3/h17-20,28-29H,6-15H2,1-5H3,(H,32,33)/t17-,18+,19-,20-,23+,24+,25+,26?,27+/m0/s1. The molecule has 190 valence electrons. The molecule has 5 fully saturated rings. The Balaban J connectivity index is 1.55. The summed E-state index contributed by atoms with van der Waals surface area (Å²) in [7, 11) is 0. The molecule has 1 heterocycles. The maximum atomic E-state index is 12.6. The lowest BCUT2D eigenvalue weighted by molar-refractivity contribution is -0.192. The number of hydrogen-bond donors (Lipinski definition) is 3. The third-order valence-electron chi connectivity index (χ3n) is 11.5. The molecule has 7 nitrogen and oxygen atoms in total. The minimum absolute atomic E-state index is 0.0928. The summed E-state index contributed by atoms with van der Waals surface area (Å²) in [5.74, 6) is 0.726. The number of esters is 1. The van der Waals surface area contributed by atoms with Crippen molar-refractivity contribution >= 4 is 17.7 Å². The van der Waals surface area contributed by atoms with Gasteiger partial charge in [-0.1, -0.05) is 13.8 Å². The Labute approximate surface area is 203 Å². The number of aliphatic carboxylic acids is 1. The number of ether oxygens (including phenoxy) is 1. The Morgan fingerprint density at radius 3 is 2.38 bits per heavy atom. The van der Waals surface area contributed by atoms with Crippen molar-refractivity contribution in [3.05, 3.63) is 0 Å². The quantitative estimate of drug-likeness (QED) is 0.525. The van der Waals surface area contributed by atoms with E-state index in [1.54, 1.807) is 13.8 Å². The smallest absolute Gasteiger partial charge is 0.338 e. The minimum atomic E-state index is -1.41. The fourth-order valence-electron chi connectivity index (χ4n) is 9.72. The van der Waals surface area contributed by atoms with E-state index in [-0.39, 0.29) is 29.3 Å². The number of fused-ring (bicyclic) bond motifs is 5. The Morgan fingerprint density at radius 2 is 1.71 bits per heavy atom. The number of Topliss-reactive ketones (excluding diaryl/α,β-unsaturated/α-hetero) is 1.